The number of urea groups is 1. The summed E-state index contributed by atoms with van der Waals surface area (Å²) in [6.07, 6.45) is 4.86. The molecule has 0 atom stereocenters. The van der Waals surface area contributed by atoms with E-state index >= 15 is 0 Å². The topological polar surface area (TPSA) is 75.7 Å². The second-order valence-electron chi connectivity index (χ2n) is 6.33. The molecule has 1 spiro atoms. The third-order valence-electron chi connectivity index (χ3n) is 5.05. The van der Waals surface area contributed by atoms with Gasteiger partial charge in [0.05, 0.1) is 0 Å². The molecule has 110 valence electrons. The molecule has 0 unspecified atom stereocenters. The maximum Gasteiger partial charge on any atom is 0.330 e. The van der Waals surface area contributed by atoms with E-state index in [1.54, 1.807) is 7.11 Å². The second-order valence-corrected chi connectivity index (χ2v) is 6.33. The number of nitrogens with one attached hydrogen (secondary N) is 1. The van der Waals surface area contributed by atoms with Crippen LogP contribution in [0.5, 0.6) is 0 Å². The number of imide groups is 2. The minimum Gasteiger partial charge on any atom is -0.385 e. The Morgan fingerprint density at radius 1 is 1.20 bits per heavy atom. The molecular weight excluding hydrogens is 260 g/mol. The van der Waals surface area contributed by atoms with Crippen LogP contribution in [0.4, 0.5) is 4.79 Å². The molecule has 0 aromatic heterocycles. The Morgan fingerprint density at radius 3 is 2.40 bits per heavy atom. The molecule has 0 aromatic carbocycles. The van der Waals surface area contributed by atoms with Gasteiger partial charge in [-0.25, -0.2) is 4.79 Å². The minimum atomic E-state index is -0.953. The van der Waals surface area contributed by atoms with Gasteiger partial charge < -0.3 is 4.74 Å². The molecule has 2 saturated carbocycles. The monoisotopic (exact) mass is 280 g/mol. The number of ether oxygens (including phenoxy) is 1. The van der Waals surface area contributed by atoms with Crippen LogP contribution in [-0.2, 0) is 14.3 Å². The number of barbiturate groups is 1. The van der Waals surface area contributed by atoms with Crippen molar-refractivity contribution in [2.45, 2.75) is 38.5 Å². The number of hydrogen-bond donors (Lipinski definition) is 1. The van der Waals surface area contributed by atoms with Crippen LogP contribution in [0.3, 0.4) is 0 Å². The molecule has 0 aromatic rings. The third kappa shape index (κ3) is 1.93. The zero-order valence-corrected chi connectivity index (χ0v) is 11.7. The van der Waals surface area contributed by atoms with Crippen LogP contribution in [0.15, 0.2) is 0 Å². The maximum atomic E-state index is 12.5. The highest BCUT2D eigenvalue weighted by Gasteiger charge is 2.59. The summed E-state index contributed by atoms with van der Waals surface area (Å²) in [5.41, 5.74) is -0.945. The van der Waals surface area contributed by atoms with E-state index in [1.165, 1.54) is 4.90 Å². The Kier molecular flexibility index (Phi) is 3.08. The highest BCUT2D eigenvalue weighted by Crippen LogP contribution is 2.51. The van der Waals surface area contributed by atoms with Gasteiger partial charge >= 0.3 is 6.03 Å². The van der Waals surface area contributed by atoms with Crippen molar-refractivity contribution < 1.29 is 19.1 Å². The number of nitrogens with zero attached hydrogens (tertiary/aromatic N) is 1. The zero-order valence-electron chi connectivity index (χ0n) is 11.7. The standard InChI is InChI=1S/C14H20N2O4/c1-20-8-7-13(5-6-13)9-16-11(18)14(3-2-4-14)10(17)15-12(16)19/h2-9H2,1H3,(H,15,17,19). The van der Waals surface area contributed by atoms with Crippen LogP contribution in [0.2, 0.25) is 0 Å². The van der Waals surface area contributed by atoms with E-state index in [0.29, 0.717) is 26.0 Å². The number of hydrogen-bond acceptors (Lipinski definition) is 4. The van der Waals surface area contributed by atoms with E-state index in [0.717, 1.165) is 25.7 Å². The van der Waals surface area contributed by atoms with E-state index in [-0.39, 0.29) is 11.3 Å². The molecule has 2 aliphatic carbocycles. The largest absolute Gasteiger partial charge is 0.385 e. The molecule has 6 nitrogen and oxygen atoms in total. The van der Waals surface area contributed by atoms with E-state index in [2.05, 4.69) is 5.32 Å². The smallest absolute Gasteiger partial charge is 0.330 e. The summed E-state index contributed by atoms with van der Waals surface area (Å²) in [5, 5.41) is 2.35. The normalized spacial score (nSPS) is 26.4. The number of methoxy groups -OCH3 is 1. The average Bonchev–Trinajstić information content (AvgIpc) is 3.11. The van der Waals surface area contributed by atoms with Gasteiger partial charge in [-0.1, -0.05) is 6.42 Å². The van der Waals surface area contributed by atoms with E-state index in [9.17, 15) is 14.4 Å². The Morgan fingerprint density at radius 2 is 1.90 bits per heavy atom. The van der Waals surface area contributed by atoms with Gasteiger partial charge in [0.25, 0.3) is 0 Å². The molecule has 3 fully saturated rings. The average molecular weight is 280 g/mol. The summed E-state index contributed by atoms with van der Waals surface area (Å²) >= 11 is 0. The molecular formula is C14H20N2O4. The minimum absolute atomic E-state index is 0.00827. The van der Waals surface area contributed by atoms with Crippen molar-refractivity contribution in [1.29, 1.82) is 0 Å². The Hall–Kier alpha value is -1.43. The van der Waals surface area contributed by atoms with Crippen LogP contribution in [-0.4, -0.2) is 43.0 Å². The van der Waals surface area contributed by atoms with Gasteiger partial charge in [0.15, 0.2) is 0 Å². The lowest BCUT2D eigenvalue weighted by Crippen LogP contribution is -2.66. The van der Waals surface area contributed by atoms with Crippen molar-refractivity contribution in [3.8, 4) is 0 Å². The first-order valence-corrected chi connectivity index (χ1v) is 7.19. The fraction of sp³-hybridized carbons (Fsp3) is 0.786. The van der Waals surface area contributed by atoms with E-state index < -0.39 is 17.4 Å². The van der Waals surface area contributed by atoms with E-state index in [1.807, 2.05) is 0 Å². The molecule has 1 saturated heterocycles. The van der Waals surface area contributed by atoms with E-state index in [4.69, 9.17) is 4.74 Å². The molecule has 20 heavy (non-hydrogen) atoms. The molecule has 0 radical (unpaired) electrons. The summed E-state index contributed by atoms with van der Waals surface area (Å²) in [6.45, 7) is 1.05. The quantitative estimate of drug-likeness (QED) is 0.764. The maximum absolute atomic E-state index is 12.5. The molecule has 6 heteroatoms. The lowest BCUT2D eigenvalue weighted by atomic mass is 9.66. The summed E-state index contributed by atoms with van der Waals surface area (Å²) in [7, 11) is 1.65. The molecule has 3 rings (SSSR count). The fourth-order valence-corrected chi connectivity index (χ4v) is 3.16. The van der Waals surface area contributed by atoms with Crippen LogP contribution < -0.4 is 5.32 Å². The van der Waals surface area contributed by atoms with Crippen LogP contribution in [0.25, 0.3) is 0 Å². The lowest BCUT2D eigenvalue weighted by molar-refractivity contribution is -0.158. The van der Waals surface area contributed by atoms with Gasteiger partial charge in [-0.15, -0.1) is 0 Å². The molecule has 1 aliphatic heterocycles. The number of amides is 4. The number of carbonyl (C=O) groups excluding carboxylic acids is 3. The SMILES string of the molecule is COCCC1(CN2C(=O)NC(=O)C3(CCC3)C2=O)CC1. The highest BCUT2D eigenvalue weighted by molar-refractivity contribution is 6.19. The zero-order chi connectivity index (χ0) is 14.4. The van der Waals surface area contributed by atoms with Crippen molar-refractivity contribution in [2.75, 3.05) is 20.3 Å². The molecule has 3 aliphatic rings. The van der Waals surface area contributed by atoms with Gasteiger partial charge in [0, 0.05) is 20.3 Å². The van der Waals surface area contributed by atoms with Gasteiger partial charge in [-0.2, -0.15) is 0 Å². The van der Waals surface area contributed by atoms with Crippen molar-refractivity contribution >= 4 is 17.8 Å². The second kappa shape index (κ2) is 4.55. The Labute approximate surface area is 117 Å². The Balaban J connectivity index is 1.74. The summed E-state index contributed by atoms with van der Waals surface area (Å²) in [4.78, 5) is 37.7. The van der Waals surface area contributed by atoms with Crippen molar-refractivity contribution in [1.82, 2.24) is 10.2 Å². The molecule has 1 N–H and O–H groups in total. The fourth-order valence-electron chi connectivity index (χ4n) is 3.16. The van der Waals surface area contributed by atoms with Crippen molar-refractivity contribution in [2.24, 2.45) is 10.8 Å². The molecule has 1 heterocycles. The molecule has 0 bridgehead atoms. The Bertz CT molecular complexity index is 466. The van der Waals surface area contributed by atoms with Crippen LogP contribution >= 0.6 is 0 Å². The first kappa shape index (κ1) is 13.5. The third-order valence-corrected chi connectivity index (χ3v) is 5.05. The predicted octanol–water partition coefficient (Wildman–Crippen LogP) is 1.05. The lowest BCUT2D eigenvalue weighted by Gasteiger charge is -2.45. The van der Waals surface area contributed by atoms with Gasteiger partial charge in [-0.3, -0.25) is 19.8 Å². The van der Waals surface area contributed by atoms with Crippen molar-refractivity contribution in [3.63, 3.8) is 0 Å². The van der Waals surface area contributed by atoms with Crippen LogP contribution in [0, 0.1) is 10.8 Å². The first-order valence-electron chi connectivity index (χ1n) is 7.19. The van der Waals surface area contributed by atoms with Crippen LogP contribution in [0.1, 0.15) is 38.5 Å². The van der Waals surface area contributed by atoms with Gasteiger partial charge in [-0.05, 0) is 37.5 Å². The van der Waals surface area contributed by atoms with Crippen molar-refractivity contribution in [3.05, 3.63) is 0 Å². The highest BCUT2D eigenvalue weighted by atomic mass is 16.5. The number of rotatable bonds is 5. The van der Waals surface area contributed by atoms with Gasteiger partial charge in [0.2, 0.25) is 11.8 Å². The number of carbonyl (C=O) groups is 3. The van der Waals surface area contributed by atoms with Gasteiger partial charge in [0.1, 0.15) is 5.41 Å². The first-order chi connectivity index (χ1) is 9.53. The summed E-state index contributed by atoms with van der Waals surface area (Å²) < 4.78 is 5.09. The molecule has 4 amide bonds. The summed E-state index contributed by atoms with van der Waals surface area (Å²) in [6, 6.07) is -0.554. The summed E-state index contributed by atoms with van der Waals surface area (Å²) in [5.74, 6) is -0.696. The predicted molar refractivity (Wildman–Crippen MR) is 69.7 cm³/mol.